The lowest BCUT2D eigenvalue weighted by Gasteiger charge is -2.26. The van der Waals surface area contributed by atoms with E-state index in [-0.39, 0.29) is 17.9 Å². The normalized spacial score (nSPS) is 15.4. The van der Waals surface area contributed by atoms with Crippen LogP contribution >= 0.6 is 11.3 Å². The molecule has 3 rings (SSSR count). The van der Waals surface area contributed by atoms with Gasteiger partial charge in [0, 0.05) is 18.0 Å². The van der Waals surface area contributed by atoms with Crippen molar-refractivity contribution in [2.24, 2.45) is 0 Å². The number of rotatable bonds is 9. The van der Waals surface area contributed by atoms with Crippen molar-refractivity contribution in [1.29, 1.82) is 0 Å². The van der Waals surface area contributed by atoms with Crippen molar-refractivity contribution >= 4 is 17.4 Å². The Morgan fingerprint density at radius 3 is 2.67 bits per heavy atom. The second-order valence-electron chi connectivity index (χ2n) is 6.57. The molecule has 146 valence electrons. The van der Waals surface area contributed by atoms with Gasteiger partial charge in [-0.1, -0.05) is 6.07 Å². The smallest absolute Gasteiger partial charge is 0.314 e. The minimum Gasteiger partial charge on any atom is -0.494 e. The van der Waals surface area contributed by atoms with Gasteiger partial charge in [0.05, 0.1) is 12.6 Å². The lowest BCUT2D eigenvalue weighted by Crippen LogP contribution is -2.41. The molecule has 1 aliphatic rings. The Morgan fingerprint density at radius 1 is 1.19 bits per heavy atom. The number of hydrogen-bond donors (Lipinski definition) is 2. The fraction of sp³-hybridized carbons (Fsp3) is 0.450. The number of nitrogens with zero attached hydrogens (tertiary/aromatic N) is 1. The van der Waals surface area contributed by atoms with Crippen LogP contribution in [0.1, 0.15) is 30.2 Å². The standard InChI is InChI=1S/C20H26FN3O2S/c21-16-6-8-17(9-7-16)26-13-4-10-22-20(25)23-15-18(19-5-3-14-27-19)24-11-1-2-12-24/h3,5-9,14,18H,1-2,4,10-13,15H2,(H2,22,23,25). The molecular formula is C20H26FN3O2S. The largest absolute Gasteiger partial charge is 0.494 e. The summed E-state index contributed by atoms with van der Waals surface area (Å²) in [6, 6.07) is 10.2. The van der Waals surface area contributed by atoms with Crippen molar-refractivity contribution in [1.82, 2.24) is 15.5 Å². The van der Waals surface area contributed by atoms with Crippen molar-refractivity contribution in [2.45, 2.75) is 25.3 Å². The summed E-state index contributed by atoms with van der Waals surface area (Å²) in [5.41, 5.74) is 0. The van der Waals surface area contributed by atoms with Gasteiger partial charge in [-0.2, -0.15) is 0 Å². The lowest BCUT2D eigenvalue weighted by atomic mass is 10.2. The second-order valence-corrected chi connectivity index (χ2v) is 7.55. The van der Waals surface area contributed by atoms with Crippen LogP contribution in [0.4, 0.5) is 9.18 Å². The SMILES string of the molecule is O=C(NCCCOc1ccc(F)cc1)NCC(c1cccs1)N1CCCC1. The van der Waals surface area contributed by atoms with Gasteiger partial charge >= 0.3 is 6.03 Å². The highest BCUT2D eigenvalue weighted by Crippen LogP contribution is 2.27. The summed E-state index contributed by atoms with van der Waals surface area (Å²) < 4.78 is 18.3. The van der Waals surface area contributed by atoms with Crippen molar-refractivity contribution in [3.8, 4) is 5.75 Å². The average molecular weight is 392 g/mol. The molecule has 1 saturated heterocycles. The van der Waals surface area contributed by atoms with Crippen molar-refractivity contribution in [3.05, 3.63) is 52.5 Å². The quantitative estimate of drug-likeness (QED) is 0.640. The third-order valence-electron chi connectivity index (χ3n) is 4.60. The molecule has 7 heteroatoms. The number of carbonyl (C=O) groups is 1. The van der Waals surface area contributed by atoms with E-state index in [4.69, 9.17) is 4.74 Å². The predicted octanol–water partition coefficient (Wildman–Crippen LogP) is 3.79. The van der Waals surface area contributed by atoms with Crippen LogP contribution in [0.5, 0.6) is 5.75 Å². The fourth-order valence-corrected chi connectivity index (χ4v) is 4.05. The highest BCUT2D eigenvalue weighted by Gasteiger charge is 2.24. The molecule has 2 N–H and O–H groups in total. The van der Waals surface area contributed by atoms with Crippen molar-refractivity contribution in [3.63, 3.8) is 0 Å². The molecule has 0 spiro atoms. The molecule has 2 aromatic rings. The summed E-state index contributed by atoms with van der Waals surface area (Å²) in [6.07, 6.45) is 3.13. The number of ether oxygens (including phenoxy) is 1. The molecule has 2 amide bonds. The maximum absolute atomic E-state index is 12.8. The van der Waals surface area contributed by atoms with E-state index in [1.54, 1.807) is 23.5 Å². The predicted molar refractivity (Wildman–Crippen MR) is 106 cm³/mol. The van der Waals surface area contributed by atoms with Crippen LogP contribution in [0, 0.1) is 5.82 Å². The molecule has 0 bridgehead atoms. The average Bonchev–Trinajstić information content (AvgIpc) is 3.38. The van der Waals surface area contributed by atoms with E-state index in [2.05, 4.69) is 33.0 Å². The van der Waals surface area contributed by atoms with Gasteiger partial charge in [-0.15, -0.1) is 11.3 Å². The molecule has 1 aromatic carbocycles. The molecule has 1 atom stereocenters. The minimum absolute atomic E-state index is 0.155. The van der Waals surface area contributed by atoms with Crippen molar-refractivity contribution in [2.75, 3.05) is 32.8 Å². The van der Waals surface area contributed by atoms with E-state index >= 15 is 0 Å². The number of carbonyl (C=O) groups excluding carboxylic acids is 1. The van der Waals surface area contributed by atoms with E-state index < -0.39 is 0 Å². The summed E-state index contributed by atoms with van der Waals surface area (Å²) >= 11 is 1.74. The first-order valence-corrected chi connectivity index (χ1v) is 10.3. The monoisotopic (exact) mass is 391 g/mol. The van der Waals surface area contributed by atoms with Gasteiger partial charge in [0.15, 0.2) is 0 Å². The van der Waals surface area contributed by atoms with Crippen LogP contribution in [0.2, 0.25) is 0 Å². The highest BCUT2D eigenvalue weighted by molar-refractivity contribution is 7.10. The van der Waals surface area contributed by atoms with E-state index in [1.807, 2.05) is 0 Å². The zero-order valence-corrected chi connectivity index (χ0v) is 16.1. The van der Waals surface area contributed by atoms with Crippen LogP contribution in [-0.2, 0) is 0 Å². The summed E-state index contributed by atoms with van der Waals surface area (Å²) in [5, 5.41) is 7.94. The fourth-order valence-electron chi connectivity index (χ4n) is 3.19. The van der Waals surface area contributed by atoms with Gasteiger partial charge < -0.3 is 15.4 Å². The zero-order valence-electron chi connectivity index (χ0n) is 15.3. The molecule has 1 aromatic heterocycles. The number of nitrogens with one attached hydrogen (secondary N) is 2. The Hall–Kier alpha value is -2.12. The van der Waals surface area contributed by atoms with E-state index in [9.17, 15) is 9.18 Å². The lowest BCUT2D eigenvalue weighted by molar-refractivity contribution is 0.221. The van der Waals surface area contributed by atoms with E-state index in [0.717, 1.165) is 13.1 Å². The molecular weight excluding hydrogens is 365 g/mol. The van der Waals surface area contributed by atoms with Crippen molar-refractivity contribution < 1.29 is 13.9 Å². The topological polar surface area (TPSA) is 53.6 Å². The molecule has 5 nitrogen and oxygen atoms in total. The zero-order chi connectivity index (χ0) is 18.9. The molecule has 2 heterocycles. The number of thiophene rings is 1. The molecule has 1 fully saturated rings. The van der Waals surface area contributed by atoms with Crippen LogP contribution in [-0.4, -0.2) is 43.7 Å². The molecule has 27 heavy (non-hydrogen) atoms. The van der Waals surface area contributed by atoms with Crippen LogP contribution < -0.4 is 15.4 Å². The first-order valence-electron chi connectivity index (χ1n) is 9.40. The van der Waals surface area contributed by atoms with E-state index in [0.29, 0.717) is 31.9 Å². The molecule has 1 unspecified atom stereocenters. The first-order chi connectivity index (χ1) is 13.2. The van der Waals surface area contributed by atoms with Gasteiger partial charge in [0.25, 0.3) is 0 Å². The summed E-state index contributed by atoms with van der Waals surface area (Å²) in [4.78, 5) is 15.8. The Balaban J connectivity index is 1.34. The molecule has 1 aliphatic heterocycles. The number of likely N-dealkylation sites (tertiary alicyclic amines) is 1. The summed E-state index contributed by atoms with van der Waals surface area (Å²) in [6.45, 7) is 3.79. The Morgan fingerprint density at radius 2 is 1.96 bits per heavy atom. The van der Waals surface area contributed by atoms with Crippen LogP contribution in [0.25, 0.3) is 0 Å². The number of hydrogen-bond acceptors (Lipinski definition) is 4. The molecule has 0 saturated carbocycles. The van der Waals surface area contributed by atoms with Crippen LogP contribution in [0.3, 0.4) is 0 Å². The minimum atomic E-state index is -0.282. The number of halogens is 1. The Labute approximate surface area is 163 Å². The third kappa shape index (κ3) is 6.22. The molecule has 0 radical (unpaired) electrons. The van der Waals surface area contributed by atoms with Gasteiger partial charge in [-0.3, -0.25) is 4.90 Å². The van der Waals surface area contributed by atoms with E-state index in [1.165, 1.54) is 29.9 Å². The third-order valence-corrected chi connectivity index (χ3v) is 5.57. The van der Waals surface area contributed by atoms with Gasteiger partial charge in [0.1, 0.15) is 11.6 Å². The van der Waals surface area contributed by atoms with Crippen LogP contribution in [0.15, 0.2) is 41.8 Å². The second kappa shape index (κ2) is 10.3. The maximum Gasteiger partial charge on any atom is 0.314 e. The highest BCUT2D eigenvalue weighted by atomic mass is 32.1. The maximum atomic E-state index is 12.8. The summed E-state index contributed by atoms with van der Waals surface area (Å²) in [7, 11) is 0. The van der Waals surface area contributed by atoms with Gasteiger partial charge in [0.2, 0.25) is 0 Å². The van der Waals surface area contributed by atoms with Gasteiger partial charge in [-0.25, -0.2) is 9.18 Å². The molecule has 0 aliphatic carbocycles. The first kappa shape index (κ1) is 19.6. The summed E-state index contributed by atoms with van der Waals surface area (Å²) in [5.74, 6) is 0.348. The Bertz CT molecular complexity index is 688. The number of benzene rings is 1. The Kier molecular flexibility index (Phi) is 7.47. The number of amides is 2. The number of urea groups is 1. The van der Waals surface area contributed by atoms with Gasteiger partial charge in [-0.05, 0) is 68.1 Å².